The lowest BCUT2D eigenvalue weighted by atomic mass is 10.2. The van der Waals surface area contributed by atoms with Gasteiger partial charge in [-0.1, -0.05) is 32.4 Å². The Labute approximate surface area is 114 Å². The predicted octanol–water partition coefficient (Wildman–Crippen LogP) is 2.04. The van der Waals surface area contributed by atoms with Gasteiger partial charge in [-0.3, -0.25) is 0 Å². The topological polar surface area (TPSA) is 75.3 Å². The van der Waals surface area contributed by atoms with Crippen LogP contribution in [0.2, 0.25) is 0 Å². The highest BCUT2D eigenvalue weighted by molar-refractivity contribution is 7.90. The average Bonchev–Trinajstić information content (AvgIpc) is 2.38. The van der Waals surface area contributed by atoms with Crippen LogP contribution in [0.15, 0.2) is 29.2 Å². The lowest BCUT2D eigenvalue weighted by Crippen LogP contribution is -2.39. The average molecular weight is 284 g/mol. The quantitative estimate of drug-likeness (QED) is 0.785. The van der Waals surface area contributed by atoms with Crippen LogP contribution < -0.4 is 10.0 Å². The Balaban J connectivity index is 2.66. The lowest BCUT2D eigenvalue weighted by molar-refractivity contribution is 0.245. The van der Waals surface area contributed by atoms with Gasteiger partial charge in [0.1, 0.15) is 0 Å². The van der Waals surface area contributed by atoms with Gasteiger partial charge in [0.05, 0.1) is 4.90 Å². The summed E-state index contributed by atoms with van der Waals surface area (Å²) in [7, 11) is -3.78. The molecule has 5 nitrogen and oxygen atoms in total. The van der Waals surface area contributed by atoms with Gasteiger partial charge in [-0.05, 0) is 30.5 Å². The highest BCUT2D eigenvalue weighted by atomic mass is 32.2. The number of hydrogen-bond acceptors (Lipinski definition) is 3. The first-order chi connectivity index (χ1) is 8.99. The molecule has 0 aliphatic heterocycles. The van der Waals surface area contributed by atoms with Crippen LogP contribution >= 0.6 is 0 Å². The molecular formula is C13H20N2O3S. The Kier molecular flexibility index (Phi) is 5.82. The van der Waals surface area contributed by atoms with E-state index < -0.39 is 16.1 Å². The smallest absolute Gasteiger partial charge is 0.328 e. The summed E-state index contributed by atoms with van der Waals surface area (Å²) < 4.78 is 25.8. The maximum Gasteiger partial charge on any atom is 0.328 e. The van der Waals surface area contributed by atoms with Gasteiger partial charge in [0.15, 0.2) is 0 Å². The molecule has 0 atom stereocenters. The van der Waals surface area contributed by atoms with E-state index in [0.29, 0.717) is 6.54 Å². The molecule has 6 heteroatoms. The number of aryl methyl sites for hydroxylation is 1. The van der Waals surface area contributed by atoms with E-state index in [1.54, 1.807) is 12.1 Å². The molecule has 0 aliphatic carbocycles. The summed E-state index contributed by atoms with van der Waals surface area (Å²) in [6.07, 6.45) is 2.59. The first kappa shape index (κ1) is 15.5. The molecule has 0 saturated heterocycles. The van der Waals surface area contributed by atoms with Crippen LogP contribution in [-0.2, 0) is 16.4 Å². The van der Waals surface area contributed by atoms with Crippen LogP contribution in [0.4, 0.5) is 4.79 Å². The van der Waals surface area contributed by atoms with Crippen molar-refractivity contribution in [2.45, 2.75) is 38.0 Å². The van der Waals surface area contributed by atoms with Crippen molar-refractivity contribution < 1.29 is 13.2 Å². The molecule has 0 unspecified atom stereocenters. The van der Waals surface area contributed by atoms with E-state index in [1.165, 1.54) is 12.1 Å². The molecule has 2 N–H and O–H groups in total. The molecule has 1 rings (SSSR count). The molecule has 0 heterocycles. The highest BCUT2D eigenvalue weighted by Gasteiger charge is 2.16. The molecule has 106 valence electrons. The van der Waals surface area contributed by atoms with Crippen molar-refractivity contribution in [3.05, 3.63) is 29.8 Å². The number of amides is 2. The summed E-state index contributed by atoms with van der Waals surface area (Å²) in [6, 6.07) is 5.79. The molecule has 2 amide bonds. The Hall–Kier alpha value is -1.56. The second-order valence-corrected chi connectivity index (χ2v) is 5.89. The Morgan fingerprint density at radius 2 is 1.79 bits per heavy atom. The zero-order valence-electron chi connectivity index (χ0n) is 11.3. The lowest BCUT2D eigenvalue weighted by Gasteiger charge is -2.08. The van der Waals surface area contributed by atoms with Crippen molar-refractivity contribution in [3.8, 4) is 0 Å². The third kappa shape index (κ3) is 4.90. The third-order valence-corrected chi connectivity index (χ3v) is 4.03. The molecule has 19 heavy (non-hydrogen) atoms. The molecule has 0 aliphatic rings. The van der Waals surface area contributed by atoms with Crippen molar-refractivity contribution in [2.75, 3.05) is 6.54 Å². The Morgan fingerprint density at radius 3 is 2.32 bits per heavy atom. The fourth-order valence-electron chi connectivity index (χ4n) is 1.50. The molecule has 0 saturated carbocycles. The van der Waals surface area contributed by atoms with Gasteiger partial charge < -0.3 is 5.32 Å². The minimum Gasteiger partial charge on any atom is -0.337 e. The third-order valence-electron chi connectivity index (χ3n) is 2.68. The van der Waals surface area contributed by atoms with Crippen LogP contribution in [0.3, 0.4) is 0 Å². The van der Waals surface area contributed by atoms with Gasteiger partial charge in [0.25, 0.3) is 10.0 Å². The minimum atomic E-state index is -3.78. The van der Waals surface area contributed by atoms with E-state index in [9.17, 15) is 13.2 Å². The second-order valence-electron chi connectivity index (χ2n) is 4.21. The summed E-state index contributed by atoms with van der Waals surface area (Å²) in [5, 5.41) is 2.50. The van der Waals surface area contributed by atoms with Gasteiger partial charge in [-0.15, -0.1) is 0 Å². The number of hydrogen-bond donors (Lipinski definition) is 2. The molecule has 0 aromatic heterocycles. The normalized spacial score (nSPS) is 11.1. The summed E-state index contributed by atoms with van der Waals surface area (Å²) in [5.74, 6) is 0. The van der Waals surface area contributed by atoms with E-state index in [0.717, 1.165) is 24.8 Å². The van der Waals surface area contributed by atoms with Crippen molar-refractivity contribution in [1.29, 1.82) is 0 Å². The van der Waals surface area contributed by atoms with Gasteiger partial charge in [0.2, 0.25) is 0 Å². The number of sulfonamides is 1. The van der Waals surface area contributed by atoms with Crippen molar-refractivity contribution >= 4 is 16.1 Å². The Bertz CT molecular complexity index is 509. The monoisotopic (exact) mass is 284 g/mol. The molecule has 0 bridgehead atoms. The van der Waals surface area contributed by atoms with Gasteiger partial charge in [0, 0.05) is 6.54 Å². The van der Waals surface area contributed by atoms with E-state index in [4.69, 9.17) is 0 Å². The number of rotatable bonds is 6. The summed E-state index contributed by atoms with van der Waals surface area (Å²) >= 11 is 0. The number of nitrogens with one attached hydrogen (secondary N) is 2. The number of unbranched alkanes of at least 4 members (excludes halogenated alkanes) is 1. The van der Waals surface area contributed by atoms with Crippen LogP contribution in [-0.4, -0.2) is 21.0 Å². The van der Waals surface area contributed by atoms with Crippen molar-refractivity contribution in [2.24, 2.45) is 0 Å². The van der Waals surface area contributed by atoms with Gasteiger partial charge in [-0.2, -0.15) is 0 Å². The summed E-state index contributed by atoms with van der Waals surface area (Å²) in [5.41, 5.74) is 1.05. The fraction of sp³-hybridized carbons (Fsp3) is 0.462. The minimum absolute atomic E-state index is 0.0929. The number of carbonyl (C=O) groups is 1. The van der Waals surface area contributed by atoms with E-state index >= 15 is 0 Å². The van der Waals surface area contributed by atoms with E-state index in [1.807, 2.05) is 18.6 Å². The van der Waals surface area contributed by atoms with Crippen molar-refractivity contribution in [1.82, 2.24) is 10.0 Å². The van der Waals surface area contributed by atoms with E-state index in [-0.39, 0.29) is 4.90 Å². The van der Waals surface area contributed by atoms with E-state index in [2.05, 4.69) is 5.32 Å². The standard InChI is InChI=1S/C13H20N2O3S/c1-3-5-10-14-13(16)15-19(17,18)12-8-6-11(4-2)7-9-12/h6-9H,3-5,10H2,1-2H3,(H2,14,15,16). The zero-order valence-corrected chi connectivity index (χ0v) is 12.1. The SMILES string of the molecule is CCCCNC(=O)NS(=O)(=O)c1ccc(CC)cc1. The largest absolute Gasteiger partial charge is 0.337 e. The molecule has 0 spiro atoms. The predicted molar refractivity (Wildman–Crippen MR) is 74.4 cm³/mol. The first-order valence-electron chi connectivity index (χ1n) is 6.39. The zero-order chi connectivity index (χ0) is 14.3. The van der Waals surface area contributed by atoms with Crippen LogP contribution in [0.1, 0.15) is 32.3 Å². The Morgan fingerprint density at radius 1 is 1.16 bits per heavy atom. The second kappa shape index (κ2) is 7.13. The molecular weight excluding hydrogens is 264 g/mol. The number of urea groups is 1. The number of benzene rings is 1. The highest BCUT2D eigenvalue weighted by Crippen LogP contribution is 2.10. The fourth-order valence-corrected chi connectivity index (χ4v) is 2.43. The first-order valence-corrected chi connectivity index (χ1v) is 7.87. The van der Waals surface area contributed by atoms with Crippen molar-refractivity contribution in [3.63, 3.8) is 0 Å². The van der Waals surface area contributed by atoms with Crippen LogP contribution in [0.25, 0.3) is 0 Å². The molecule has 1 aromatic carbocycles. The molecule has 0 radical (unpaired) electrons. The van der Waals surface area contributed by atoms with Crippen LogP contribution in [0, 0.1) is 0 Å². The molecule has 0 fully saturated rings. The summed E-state index contributed by atoms with van der Waals surface area (Å²) in [4.78, 5) is 11.5. The molecule has 1 aromatic rings. The van der Waals surface area contributed by atoms with Gasteiger partial charge in [-0.25, -0.2) is 17.9 Å². The van der Waals surface area contributed by atoms with Crippen LogP contribution in [0.5, 0.6) is 0 Å². The summed E-state index contributed by atoms with van der Waals surface area (Å²) in [6.45, 7) is 4.45. The maximum absolute atomic E-state index is 11.9. The van der Waals surface area contributed by atoms with Gasteiger partial charge >= 0.3 is 6.03 Å². The maximum atomic E-state index is 11.9. The number of carbonyl (C=O) groups excluding carboxylic acids is 1.